The second kappa shape index (κ2) is 13.1. The fourth-order valence-electron chi connectivity index (χ4n) is 4.70. The monoisotopic (exact) mass is 549 g/mol. The number of benzene rings is 2. The number of sulfonamides is 1. The van der Waals surface area contributed by atoms with Crippen molar-refractivity contribution < 1.29 is 22.7 Å². The summed E-state index contributed by atoms with van der Waals surface area (Å²) in [6, 6.07) is 13.0. The van der Waals surface area contributed by atoms with Gasteiger partial charge in [0.05, 0.1) is 19.1 Å². The van der Waals surface area contributed by atoms with Crippen molar-refractivity contribution in [2.75, 3.05) is 24.2 Å². The smallest absolute Gasteiger partial charge is 0.244 e. The minimum absolute atomic E-state index is 0.0681. The van der Waals surface area contributed by atoms with Gasteiger partial charge in [-0.05, 0) is 43.0 Å². The predicted molar refractivity (Wildman–Crippen MR) is 146 cm³/mol. The lowest BCUT2D eigenvalue weighted by Gasteiger charge is -2.34. The third kappa shape index (κ3) is 7.61. The standard InChI is InChI=1S/C27H36ClN3O5S/c1-4-23(27(33)29-21-13-6-5-7-14-21)30(18-20-12-8-9-15-22(20)28)26(32)19-31(37(3,34)35)24-16-10-11-17-25(24)36-2/h8-12,15-17,21,23H,4-7,13-14,18-19H2,1-3H3,(H,29,33)/t23-/m0/s1. The molecular weight excluding hydrogens is 514 g/mol. The molecule has 0 bridgehead atoms. The Morgan fingerprint density at radius 2 is 1.73 bits per heavy atom. The molecule has 1 atom stereocenters. The lowest BCUT2D eigenvalue weighted by atomic mass is 9.95. The number of para-hydroxylation sites is 2. The third-order valence-corrected chi connectivity index (χ3v) is 8.16. The Labute approximate surface area is 225 Å². The van der Waals surface area contributed by atoms with E-state index >= 15 is 0 Å². The second-order valence-corrected chi connectivity index (χ2v) is 11.6. The van der Waals surface area contributed by atoms with Crippen LogP contribution < -0.4 is 14.4 Å². The highest BCUT2D eigenvalue weighted by Crippen LogP contribution is 2.30. The van der Waals surface area contributed by atoms with Gasteiger partial charge in [0.25, 0.3) is 0 Å². The molecule has 2 amide bonds. The maximum absolute atomic E-state index is 13.8. The second-order valence-electron chi connectivity index (χ2n) is 9.32. The quantitative estimate of drug-likeness (QED) is 0.449. The fourth-order valence-corrected chi connectivity index (χ4v) is 5.75. The Bertz CT molecular complexity index is 1180. The number of ether oxygens (including phenoxy) is 1. The lowest BCUT2D eigenvalue weighted by Crippen LogP contribution is -2.54. The Balaban J connectivity index is 1.95. The summed E-state index contributed by atoms with van der Waals surface area (Å²) in [7, 11) is -2.42. The van der Waals surface area contributed by atoms with Crippen LogP contribution in [0.1, 0.15) is 51.0 Å². The number of anilines is 1. The Morgan fingerprint density at radius 3 is 2.35 bits per heavy atom. The van der Waals surface area contributed by atoms with Crippen LogP contribution >= 0.6 is 11.6 Å². The number of carbonyl (C=O) groups is 2. The van der Waals surface area contributed by atoms with Crippen LogP contribution in [-0.2, 0) is 26.2 Å². The van der Waals surface area contributed by atoms with E-state index in [1.165, 1.54) is 12.0 Å². The van der Waals surface area contributed by atoms with Crippen LogP contribution in [0.4, 0.5) is 5.69 Å². The Hall–Kier alpha value is -2.78. The van der Waals surface area contributed by atoms with Crippen LogP contribution in [0.25, 0.3) is 0 Å². The number of rotatable bonds is 11. The molecule has 3 rings (SSSR count). The number of halogens is 1. The summed E-state index contributed by atoms with van der Waals surface area (Å²) in [6.07, 6.45) is 6.51. The van der Waals surface area contributed by atoms with E-state index in [-0.39, 0.29) is 24.2 Å². The molecule has 202 valence electrons. The van der Waals surface area contributed by atoms with Gasteiger partial charge in [0.1, 0.15) is 18.3 Å². The largest absolute Gasteiger partial charge is 0.495 e. The first kappa shape index (κ1) is 28.8. The molecule has 1 aliphatic rings. The van der Waals surface area contributed by atoms with Crippen molar-refractivity contribution in [3.63, 3.8) is 0 Å². The van der Waals surface area contributed by atoms with Gasteiger partial charge in [0, 0.05) is 17.6 Å². The van der Waals surface area contributed by atoms with E-state index < -0.39 is 28.5 Å². The average Bonchev–Trinajstić information content (AvgIpc) is 2.88. The Morgan fingerprint density at radius 1 is 1.08 bits per heavy atom. The normalized spacial score (nSPS) is 15.0. The van der Waals surface area contributed by atoms with Crippen LogP contribution in [0.5, 0.6) is 5.75 Å². The molecule has 2 aromatic carbocycles. The van der Waals surface area contributed by atoms with Crippen LogP contribution in [0.3, 0.4) is 0 Å². The van der Waals surface area contributed by atoms with Crippen molar-refractivity contribution in [3.05, 3.63) is 59.1 Å². The van der Waals surface area contributed by atoms with Crippen molar-refractivity contribution in [3.8, 4) is 5.75 Å². The first-order valence-corrected chi connectivity index (χ1v) is 14.8. The molecule has 10 heteroatoms. The predicted octanol–water partition coefficient (Wildman–Crippen LogP) is 4.37. The summed E-state index contributed by atoms with van der Waals surface area (Å²) in [6.45, 7) is 1.42. The zero-order chi connectivity index (χ0) is 27.0. The molecule has 0 heterocycles. The van der Waals surface area contributed by atoms with Gasteiger partial charge in [0.2, 0.25) is 21.8 Å². The highest BCUT2D eigenvalue weighted by Gasteiger charge is 2.33. The van der Waals surface area contributed by atoms with E-state index in [0.717, 1.165) is 42.7 Å². The number of carbonyl (C=O) groups excluding carboxylic acids is 2. The van der Waals surface area contributed by atoms with Gasteiger partial charge in [-0.1, -0.05) is 68.1 Å². The topological polar surface area (TPSA) is 96.0 Å². The first-order valence-electron chi connectivity index (χ1n) is 12.6. The molecule has 0 radical (unpaired) electrons. The van der Waals surface area contributed by atoms with E-state index in [4.69, 9.17) is 16.3 Å². The van der Waals surface area contributed by atoms with Crippen LogP contribution in [-0.4, -0.2) is 57.1 Å². The van der Waals surface area contributed by atoms with E-state index in [0.29, 0.717) is 22.8 Å². The Kier molecular flexibility index (Phi) is 10.2. The number of hydrogen-bond acceptors (Lipinski definition) is 5. The minimum atomic E-state index is -3.86. The van der Waals surface area contributed by atoms with Crippen molar-refractivity contribution in [2.45, 2.75) is 64.1 Å². The molecule has 1 aliphatic carbocycles. The van der Waals surface area contributed by atoms with Gasteiger partial charge in [-0.25, -0.2) is 8.42 Å². The molecule has 1 saturated carbocycles. The summed E-state index contributed by atoms with van der Waals surface area (Å²) >= 11 is 6.41. The zero-order valence-electron chi connectivity index (χ0n) is 21.7. The van der Waals surface area contributed by atoms with Gasteiger partial charge in [0.15, 0.2) is 0 Å². The molecule has 1 fully saturated rings. The van der Waals surface area contributed by atoms with Gasteiger partial charge in [-0.3, -0.25) is 13.9 Å². The molecule has 0 aromatic heterocycles. The molecule has 0 saturated heterocycles. The molecule has 2 aromatic rings. The number of nitrogens with one attached hydrogen (secondary N) is 1. The van der Waals surface area contributed by atoms with E-state index in [2.05, 4.69) is 5.32 Å². The first-order chi connectivity index (χ1) is 17.7. The molecular formula is C27H36ClN3O5S. The molecule has 1 N–H and O–H groups in total. The van der Waals surface area contributed by atoms with Gasteiger partial charge < -0.3 is 15.0 Å². The van der Waals surface area contributed by atoms with Crippen LogP contribution in [0, 0.1) is 0 Å². The molecule has 37 heavy (non-hydrogen) atoms. The number of amides is 2. The van der Waals surface area contributed by atoms with Crippen LogP contribution in [0.2, 0.25) is 5.02 Å². The molecule has 0 unspecified atom stereocenters. The third-order valence-electron chi connectivity index (χ3n) is 6.67. The highest BCUT2D eigenvalue weighted by atomic mass is 35.5. The van der Waals surface area contributed by atoms with Crippen LogP contribution in [0.15, 0.2) is 48.5 Å². The molecule has 8 nitrogen and oxygen atoms in total. The van der Waals surface area contributed by atoms with E-state index in [1.54, 1.807) is 42.5 Å². The van der Waals surface area contributed by atoms with Gasteiger partial charge in [-0.15, -0.1) is 0 Å². The summed E-state index contributed by atoms with van der Waals surface area (Å²) in [5.41, 5.74) is 0.919. The number of hydrogen-bond donors (Lipinski definition) is 1. The average molecular weight is 550 g/mol. The van der Waals surface area contributed by atoms with Gasteiger partial charge >= 0.3 is 0 Å². The zero-order valence-corrected chi connectivity index (χ0v) is 23.2. The summed E-state index contributed by atoms with van der Waals surface area (Å²) in [5, 5.41) is 3.59. The maximum Gasteiger partial charge on any atom is 0.244 e. The van der Waals surface area contributed by atoms with E-state index in [9.17, 15) is 18.0 Å². The SMILES string of the molecule is CC[C@@H](C(=O)NC1CCCCC1)N(Cc1ccccc1Cl)C(=O)CN(c1ccccc1OC)S(C)(=O)=O. The van der Waals surface area contributed by atoms with Crippen molar-refractivity contribution in [1.82, 2.24) is 10.2 Å². The van der Waals surface area contributed by atoms with Gasteiger partial charge in [-0.2, -0.15) is 0 Å². The highest BCUT2D eigenvalue weighted by molar-refractivity contribution is 7.92. The van der Waals surface area contributed by atoms with Crippen molar-refractivity contribution >= 4 is 39.1 Å². The molecule has 0 aliphatic heterocycles. The molecule has 0 spiro atoms. The number of nitrogens with zero attached hydrogens (tertiary/aromatic N) is 2. The van der Waals surface area contributed by atoms with E-state index in [1.807, 2.05) is 13.0 Å². The minimum Gasteiger partial charge on any atom is -0.495 e. The summed E-state index contributed by atoms with van der Waals surface area (Å²) in [4.78, 5) is 28.7. The van der Waals surface area contributed by atoms with Crippen molar-refractivity contribution in [2.24, 2.45) is 0 Å². The number of methoxy groups -OCH3 is 1. The summed E-state index contributed by atoms with van der Waals surface area (Å²) in [5.74, 6) is -0.430. The summed E-state index contributed by atoms with van der Waals surface area (Å²) < 4.78 is 32.0. The maximum atomic E-state index is 13.8. The lowest BCUT2D eigenvalue weighted by molar-refractivity contribution is -0.140. The van der Waals surface area contributed by atoms with Crippen molar-refractivity contribution in [1.29, 1.82) is 0 Å². The fraction of sp³-hybridized carbons (Fsp3) is 0.481.